The van der Waals surface area contributed by atoms with Gasteiger partial charge in [-0.3, -0.25) is 0 Å². The van der Waals surface area contributed by atoms with Gasteiger partial charge in [-0.15, -0.1) is 0 Å². The van der Waals surface area contributed by atoms with Crippen LogP contribution < -0.4 is 5.73 Å². The van der Waals surface area contributed by atoms with Crippen LogP contribution in [0.1, 0.15) is 29.7 Å². The van der Waals surface area contributed by atoms with E-state index in [2.05, 4.69) is 18.2 Å². The molecule has 0 saturated carbocycles. The Bertz CT molecular complexity index is 307. The predicted octanol–water partition coefficient (Wildman–Crippen LogP) is 1.78. The molecule has 1 aliphatic heterocycles. The summed E-state index contributed by atoms with van der Waals surface area (Å²) in [5, 5.41) is 0. The van der Waals surface area contributed by atoms with Gasteiger partial charge < -0.3 is 10.5 Å². The van der Waals surface area contributed by atoms with Gasteiger partial charge in [-0.1, -0.05) is 18.2 Å². The molecular formula is C11H15NO. The second-order valence-electron chi connectivity index (χ2n) is 3.62. The van der Waals surface area contributed by atoms with Crippen molar-refractivity contribution >= 4 is 0 Å². The van der Waals surface area contributed by atoms with Crippen LogP contribution in [0.25, 0.3) is 0 Å². The summed E-state index contributed by atoms with van der Waals surface area (Å²) in [6, 6.07) is 6.57. The molecule has 1 atom stereocenters. The first kappa shape index (κ1) is 8.73. The first-order valence-corrected chi connectivity index (χ1v) is 4.72. The van der Waals surface area contributed by atoms with E-state index >= 15 is 0 Å². The van der Waals surface area contributed by atoms with Gasteiger partial charge in [0.2, 0.25) is 0 Å². The van der Waals surface area contributed by atoms with Crippen molar-refractivity contribution in [3.05, 3.63) is 34.9 Å². The van der Waals surface area contributed by atoms with Gasteiger partial charge in [0.1, 0.15) is 0 Å². The van der Waals surface area contributed by atoms with Crippen LogP contribution in [0.3, 0.4) is 0 Å². The summed E-state index contributed by atoms with van der Waals surface area (Å²) in [5.74, 6) is 0. The molecule has 0 bridgehead atoms. The molecule has 0 aliphatic carbocycles. The molecule has 0 saturated heterocycles. The van der Waals surface area contributed by atoms with Gasteiger partial charge in [0.05, 0.1) is 13.2 Å². The molecule has 1 unspecified atom stereocenters. The number of hydrogen-bond acceptors (Lipinski definition) is 2. The van der Waals surface area contributed by atoms with E-state index in [0.29, 0.717) is 0 Å². The van der Waals surface area contributed by atoms with E-state index in [1.807, 2.05) is 6.92 Å². The van der Waals surface area contributed by atoms with Gasteiger partial charge in [-0.2, -0.15) is 0 Å². The Hall–Kier alpha value is -0.860. The summed E-state index contributed by atoms with van der Waals surface area (Å²) >= 11 is 0. The zero-order valence-corrected chi connectivity index (χ0v) is 7.92. The van der Waals surface area contributed by atoms with Crippen LogP contribution in [0.4, 0.5) is 0 Å². The topological polar surface area (TPSA) is 35.2 Å². The second-order valence-corrected chi connectivity index (χ2v) is 3.62. The Morgan fingerprint density at radius 3 is 3.00 bits per heavy atom. The van der Waals surface area contributed by atoms with Crippen molar-refractivity contribution in [2.45, 2.75) is 26.0 Å². The van der Waals surface area contributed by atoms with Crippen molar-refractivity contribution in [1.82, 2.24) is 0 Å². The highest BCUT2D eigenvalue weighted by atomic mass is 16.5. The van der Waals surface area contributed by atoms with E-state index in [0.717, 1.165) is 19.6 Å². The lowest BCUT2D eigenvalue weighted by Gasteiger charge is -2.18. The number of ether oxygens (including phenoxy) is 1. The Morgan fingerprint density at radius 2 is 2.23 bits per heavy atom. The minimum Gasteiger partial charge on any atom is -0.376 e. The monoisotopic (exact) mass is 177 g/mol. The average molecular weight is 177 g/mol. The molecule has 1 aromatic carbocycles. The number of fused-ring (bicyclic) bond motifs is 1. The molecule has 1 aliphatic rings. The predicted molar refractivity (Wildman–Crippen MR) is 52.4 cm³/mol. The fourth-order valence-corrected chi connectivity index (χ4v) is 1.67. The Labute approximate surface area is 78.7 Å². The zero-order chi connectivity index (χ0) is 9.26. The molecule has 0 radical (unpaired) electrons. The quantitative estimate of drug-likeness (QED) is 0.709. The zero-order valence-electron chi connectivity index (χ0n) is 7.92. The lowest BCUT2D eigenvalue weighted by Crippen LogP contribution is -2.12. The first-order valence-electron chi connectivity index (χ1n) is 4.72. The molecule has 13 heavy (non-hydrogen) atoms. The van der Waals surface area contributed by atoms with Crippen LogP contribution in [0.15, 0.2) is 18.2 Å². The molecule has 0 fully saturated rings. The van der Waals surface area contributed by atoms with E-state index in [9.17, 15) is 0 Å². The normalized spacial score (nSPS) is 18.0. The lowest BCUT2D eigenvalue weighted by atomic mass is 9.98. The SMILES string of the molecule is CC(N)c1ccc2c(c1)CCOC2. The highest BCUT2D eigenvalue weighted by Gasteiger charge is 2.10. The van der Waals surface area contributed by atoms with E-state index in [4.69, 9.17) is 10.5 Å². The second kappa shape index (κ2) is 3.48. The molecule has 0 spiro atoms. The Kier molecular flexibility index (Phi) is 2.34. The number of nitrogens with two attached hydrogens (primary N) is 1. The van der Waals surface area contributed by atoms with E-state index in [-0.39, 0.29) is 6.04 Å². The fourth-order valence-electron chi connectivity index (χ4n) is 1.67. The summed E-state index contributed by atoms with van der Waals surface area (Å²) in [6.07, 6.45) is 1.02. The molecule has 2 rings (SSSR count). The Balaban J connectivity index is 2.35. The smallest absolute Gasteiger partial charge is 0.0719 e. The summed E-state index contributed by atoms with van der Waals surface area (Å²) in [5.41, 5.74) is 9.76. The molecular weight excluding hydrogens is 162 g/mol. The highest BCUT2D eigenvalue weighted by molar-refractivity contribution is 5.34. The standard InChI is InChI=1S/C11H15NO/c1-8(12)9-2-3-11-7-13-5-4-10(11)6-9/h2-3,6,8H,4-5,7,12H2,1H3. The maximum absolute atomic E-state index is 5.82. The van der Waals surface area contributed by atoms with Crippen LogP contribution in [0, 0.1) is 0 Å². The minimum atomic E-state index is 0.133. The van der Waals surface area contributed by atoms with Gasteiger partial charge in [-0.05, 0) is 30.0 Å². The largest absolute Gasteiger partial charge is 0.376 e. The van der Waals surface area contributed by atoms with Gasteiger partial charge in [-0.25, -0.2) is 0 Å². The third-order valence-corrected chi connectivity index (χ3v) is 2.53. The van der Waals surface area contributed by atoms with Gasteiger partial charge in [0, 0.05) is 6.04 Å². The molecule has 2 heteroatoms. The maximum Gasteiger partial charge on any atom is 0.0719 e. The highest BCUT2D eigenvalue weighted by Crippen LogP contribution is 2.20. The van der Waals surface area contributed by atoms with E-state index in [1.165, 1.54) is 16.7 Å². The first-order chi connectivity index (χ1) is 6.27. The maximum atomic E-state index is 5.82. The van der Waals surface area contributed by atoms with Gasteiger partial charge in [0.25, 0.3) is 0 Å². The van der Waals surface area contributed by atoms with Crippen molar-refractivity contribution in [3.8, 4) is 0 Å². The Morgan fingerprint density at radius 1 is 1.38 bits per heavy atom. The third-order valence-electron chi connectivity index (χ3n) is 2.53. The lowest BCUT2D eigenvalue weighted by molar-refractivity contribution is 0.110. The molecule has 0 amide bonds. The average Bonchev–Trinajstić information content (AvgIpc) is 2.17. The van der Waals surface area contributed by atoms with E-state index < -0.39 is 0 Å². The summed E-state index contributed by atoms with van der Waals surface area (Å²) in [4.78, 5) is 0. The minimum absolute atomic E-state index is 0.133. The van der Waals surface area contributed by atoms with Crippen molar-refractivity contribution < 1.29 is 4.74 Å². The van der Waals surface area contributed by atoms with Gasteiger partial charge >= 0.3 is 0 Å². The van der Waals surface area contributed by atoms with Crippen LogP contribution in [-0.4, -0.2) is 6.61 Å². The molecule has 2 nitrogen and oxygen atoms in total. The van der Waals surface area contributed by atoms with Crippen LogP contribution in [0.5, 0.6) is 0 Å². The summed E-state index contributed by atoms with van der Waals surface area (Å²) in [6.45, 7) is 3.62. The van der Waals surface area contributed by atoms with E-state index in [1.54, 1.807) is 0 Å². The van der Waals surface area contributed by atoms with Gasteiger partial charge in [0.15, 0.2) is 0 Å². The summed E-state index contributed by atoms with van der Waals surface area (Å²) in [7, 11) is 0. The molecule has 1 aromatic rings. The van der Waals surface area contributed by atoms with Crippen molar-refractivity contribution in [3.63, 3.8) is 0 Å². The van der Waals surface area contributed by atoms with Crippen LogP contribution in [-0.2, 0) is 17.8 Å². The fraction of sp³-hybridized carbons (Fsp3) is 0.455. The van der Waals surface area contributed by atoms with Crippen LogP contribution >= 0.6 is 0 Å². The summed E-state index contributed by atoms with van der Waals surface area (Å²) < 4.78 is 5.37. The number of benzene rings is 1. The molecule has 1 heterocycles. The van der Waals surface area contributed by atoms with Crippen molar-refractivity contribution in [2.75, 3.05) is 6.61 Å². The number of hydrogen-bond donors (Lipinski definition) is 1. The molecule has 70 valence electrons. The van der Waals surface area contributed by atoms with Crippen molar-refractivity contribution in [1.29, 1.82) is 0 Å². The number of rotatable bonds is 1. The van der Waals surface area contributed by atoms with Crippen LogP contribution in [0.2, 0.25) is 0 Å². The third kappa shape index (κ3) is 1.74. The molecule has 0 aromatic heterocycles. The molecule has 2 N–H and O–H groups in total. The van der Waals surface area contributed by atoms with Crippen molar-refractivity contribution in [2.24, 2.45) is 5.73 Å².